The van der Waals surface area contributed by atoms with E-state index in [2.05, 4.69) is 4.72 Å². The van der Waals surface area contributed by atoms with Crippen LogP contribution in [0, 0.1) is 5.92 Å². The summed E-state index contributed by atoms with van der Waals surface area (Å²) in [7, 11) is -3.86. The molecule has 1 rings (SSSR count). The first kappa shape index (κ1) is 18.5. The zero-order valence-corrected chi connectivity index (χ0v) is 14.5. The maximum atomic E-state index is 12.5. The predicted molar refractivity (Wildman–Crippen MR) is 86.3 cm³/mol. The standard InChI is InChI=1S/C13H20Cl2N2O3S/c1-4-20-7-12(8(2)3)17-21(18,19)13-10(14)5-9(16)6-11(13)15/h5-6,8,12,17H,4,7,16H2,1-3H3. The Labute approximate surface area is 135 Å². The van der Waals surface area contributed by atoms with Crippen LogP contribution < -0.4 is 10.5 Å². The van der Waals surface area contributed by atoms with E-state index < -0.39 is 10.0 Å². The van der Waals surface area contributed by atoms with Gasteiger partial charge in [-0.2, -0.15) is 0 Å². The Kier molecular flexibility index (Phi) is 6.74. The van der Waals surface area contributed by atoms with E-state index in [1.807, 2.05) is 20.8 Å². The van der Waals surface area contributed by atoms with Gasteiger partial charge in [0.2, 0.25) is 10.0 Å². The number of hydrogen-bond acceptors (Lipinski definition) is 4. The molecular weight excluding hydrogens is 335 g/mol. The van der Waals surface area contributed by atoms with Gasteiger partial charge in [-0.25, -0.2) is 13.1 Å². The van der Waals surface area contributed by atoms with E-state index in [-0.39, 0.29) is 33.5 Å². The molecule has 0 aromatic heterocycles. The minimum atomic E-state index is -3.86. The Bertz CT molecular complexity index is 568. The van der Waals surface area contributed by atoms with Crippen molar-refractivity contribution in [1.29, 1.82) is 0 Å². The van der Waals surface area contributed by atoms with E-state index in [0.29, 0.717) is 12.3 Å². The smallest absolute Gasteiger partial charge is 0.243 e. The number of benzene rings is 1. The number of halogens is 2. The van der Waals surface area contributed by atoms with Crippen LogP contribution in [0.25, 0.3) is 0 Å². The van der Waals surface area contributed by atoms with Crippen LogP contribution in [0.4, 0.5) is 5.69 Å². The summed E-state index contributed by atoms with van der Waals surface area (Å²) in [6.45, 7) is 6.43. The monoisotopic (exact) mass is 354 g/mol. The van der Waals surface area contributed by atoms with Gasteiger partial charge in [0.25, 0.3) is 0 Å². The van der Waals surface area contributed by atoms with Crippen LogP contribution in [0.5, 0.6) is 0 Å². The first-order valence-electron chi connectivity index (χ1n) is 6.53. The minimum Gasteiger partial charge on any atom is -0.399 e. The molecule has 1 unspecified atom stereocenters. The fourth-order valence-corrected chi connectivity index (χ4v) is 4.30. The third-order valence-electron chi connectivity index (χ3n) is 2.90. The molecule has 1 aromatic carbocycles. The molecule has 0 aliphatic heterocycles. The molecule has 0 saturated heterocycles. The zero-order valence-electron chi connectivity index (χ0n) is 12.2. The second-order valence-electron chi connectivity index (χ2n) is 4.94. The first-order valence-corrected chi connectivity index (χ1v) is 8.77. The van der Waals surface area contributed by atoms with Crippen LogP contribution in [0.3, 0.4) is 0 Å². The molecule has 0 radical (unpaired) electrons. The lowest BCUT2D eigenvalue weighted by Gasteiger charge is -2.22. The van der Waals surface area contributed by atoms with E-state index in [1.54, 1.807) is 0 Å². The van der Waals surface area contributed by atoms with Gasteiger partial charge in [0, 0.05) is 18.3 Å². The van der Waals surface area contributed by atoms with E-state index in [4.69, 9.17) is 33.7 Å². The Hall–Kier alpha value is -0.530. The van der Waals surface area contributed by atoms with Crippen molar-refractivity contribution in [3.05, 3.63) is 22.2 Å². The fourth-order valence-electron chi connectivity index (χ4n) is 1.70. The quantitative estimate of drug-likeness (QED) is 0.737. The number of nitrogens with one attached hydrogen (secondary N) is 1. The summed E-state index contributed by atoms with van der Waals surface area (Å²) in [6, 6.07) is 2.34. The molecule has 0 bridgehead atoms. The van der Waals surface area contributed by atoms with Crippen molar-refractivity contribution in [3.8, 4) is 0 Å². The van der Waals surface area contributed by atoms with Crippen molar-refractivity contribution in [2.45, 2.75) is 31.7 Å². The summed E-state index contributed by atoms with van der Waals surface area (Å²) >= 11 is 11.9. The van der Waals surface area contributed by atoms with Crippen LogP contribution in [-0.2, 0) is 14.8 Å². The van der Waals surface area contributed by atoms with Crippen LogP contribution in [0.2, 0.25) is 10.0 Å². The number of nitrogens with two attached hydrogens (primary N) is 1. The normalized spacial score (nSPS) is 13.6. The van der Waals surface area contributed by atoms with Gasteiger partial charge in [0.15, 0.2) is 0 Å². The number of ether oxygens (including phenoxy) is 1. The van der Waals surface area contributed by atoms with Gasteiger partial charge in [-0.3, -0.25) is 0 Å². The summed E-state index contributed by atoms with van der Waals surface area (Å²) in [4.78, 5) is -0.165. The Balaban J connectivity index is 3.11. The molecule has 0 heterocycles. The molecule has 120 valence electrons. The number of sulfonamides is 1. The topological polar surface area (TPSA) is 81.4 Å². The van der Waals surface area contributed by atoms with Crippen molar-refractivity contribution in [2.24, 2.45) is 5.92 Å². The number of hydrogen-bond donors (Lipinski definition) is 2. The SMILES string of the molecule is CCOCC(NS(=O)(=O)c1c(Cl)cc(N)cc1Cl)C(C)C. The van der Waals surface area contributed by atoms with Crippen LogP contribution in [-0.4, -0.2) is 27.7 Å². The summed E-state index contributed by atoms with van der Waals surface area (Å²) in [5.74, 6) is 0.0534. The van der Waals surface area contributed by atoms with Gasteiger partial charge in [-0.15, -0.1) is 0 Å². The maximum Gasteiger partial charge on any atom is 0.243 e. The molecule has 0 aliphatic carbocycles. The van der Waals surface area contributed by atoms with Crippen LogP contribution in [0.15, 0.2) is 17.0 Å². The van der Waals surface area contributed by atoms with Gasteiger partial charge < -0.3 is 10.5 Å². The van der Waals surface area contributed by atoms with E-state index in [0.717, 1.165) is 0 Å². The average Bonchev–Trinajstić information content (AvgIpc) is 2.32. The molecule has 0 spiro atoms. The minimum absolute atomic E-state index is 0.00795. The molecule has 0 saturated carbocycles. The lowest BCUT2D eigenvalue weighted by Crippen LogP contribution is -2.42. The molecule has 3 N–H and O–H groups in total. The van der Waals surface area contributed by atoms with Crippen LogP contribution in [0.1, 0.15) is 20.8 Å². The Morgan fingerprint density at radius 3 is 2.24 bits per heavy atom. The Morgan fingerprint density at radius 1 is 1.29 bits per heavy atom. The lowest BCUT2D eigenvalue weighted by molar-refractivity contribution is 0.116. The van der Waals surface area contributed by atoms with Gasteiger partial charge in [-0.1, -0.05) is 37.0 Å². The number of rotatable bonds is 7. The summed E-state index contributed by atoms with van der Waals surface area (Å²) in [5, 5.41) is -0.0159. The predicted octanol–water partition coefficient (Wildman–Crippen LogP) is 2.92. The molecule has 21 heavy (non-hydrogen) atoms. The van der Waals surface area contributed by atoms with E-state index in [9.17, 15) is 8.42 Å². The van der Waals surface area contributed by atoms with Crippen molar-refractivity contribution in [3.63, 3.8) is 0 Å². The maximum absolute atomic E-state index is 12.5. The highest BCUT2D eigenvalue weighted by molar-refractivity contribution is 7.89. The molecule has 1 aromatic rings. The zero-order chi connectivity index (χ0) is 16.2. The van der Waals surface area contributed by atoms with E-state index in [1.165, 1.54) is 12.1 Å². The molecule has 0 amide bonds. The van der Waals surface area contributed by atoms with Gasteiger partial charge in [-0.05, 0) is 25.0 Å². The summed E-state index contributed by atoms with van der Waals surface area (Å²) in [6.07, 6.45) is 0. The number of nitrogen functional groups attached to an aromatic ring is 1. The first-order chi connectivity index (χ1) is 9.69. The highest BCUT2D eigenvalue weighted by Crippen LogP contribution is 2.32. The summed E-state index contributed by atoms with van der Waals surface area (Å²) in [5.41, 5.74) is 5.89. The molecule has 0 aliphatic rings. The van der Waals surface area contributed by atoms with Crippen molar-refractivity contribution < 1.29 is 13.2 Å². The van der Waals surface area contributed by atoms with E-state index >= 15 is 0 Å². The van der Waals surface area contributed by atoms with Crippen molar-refractivity contribution in [2.75, 3.05) is 18.9 Å². The van der Waals surface area contributed by atoms with Crippen molar-refractivity contribution >= 4 is 38.9 Å². The second kappa shape index (κ2) is 7.65. The Morgan fingerprint density at radius 2 is 1.81 bits per heavy atom. The molecule has 8 heteroatoms. The highest BCUT2D eigenvalue weighted by Gasteiger charge is 2.27. The third kappa shape index (κ3) is 5.00. The fraction of sp³-hybridized carbons (Fsp3) is 0.538. The largest absolute Gasteiger partial charge is 0.399 e. The molecule has 1 atom stereocenters. The second-order valence-corrected chi connectivity index (χ2v) is 7.41. The van der Waals surface area contributed by atoms with Gasteiger partial charge >= 0.3 is 0 Å². The summed E-state index contributed by atoms with van der Waals surface area (Å²) < 4.78 is 32.9. The third-order valence-corrected chi connectivity index (χ3v) is 5.31. The average molecular weight is 355 g/mol. The number of anilines is 1. The molecule has 5 nitrogen and oxygen atoms in total. The molecule has 0 fully saturated rings. The van der Waals surface area contributed by atoms with Gasteiger partial charge in [0.05, 0.1) is 16.7 Å². The highest BCUT2D eigenvalue weighted by atomic mass is 35.5. The molecular formula is C13H20Cl2N2O3S. The van der Waals surface area contributed by atoms with Crippen molar-refractivity contribution in [1.82, 2.24) is 4.72 Å². The van der Waals surface area contributed by atoms with Gasteiger partial charge in [0.1, 0.15) is 4.90 Å². The lowest BCUT2D eigenvalue weighted by atomic mass is 10.1. The van der Waals surface area contributed by atoms with Crippen LogP contribution >= 0.6 is 23.2 Å².